The van der Waals surface area contributed by atoms with Gasteiger partial charge in [0.05, 0.1) is 6.04 Å². The first-order valence-corrected chi connectivity index (χ1v) is 13.4. The van der Waals surface area contributed by atoms with Crippen LogP contribution in [0.15, 0.2) is 39.0 Å². The molecule has 0 aromatic carbocycles. The van der Waals surface area contributed by atoms with Crippen LogP contribution in [0.3, 0.4) is 0 Å². The minimum absolute atomic E-state index is 0.0643. The molecular weight excluding hydrogens is 456 g/mol. The fraction of sp³-hybridized carbons (Fsp3) is 0.593. The Hall–Kier alpha value is -3.23. The molecule has 0 amide bonds. The van der Waals surface area contributed by atoms with Crippen molar-refractivity contribution in [3.8, 4) is 0 Å². The van der Waals surface area contributed by atoms with Crippen molar-refractivity contribution in [1.82, 2.24) is 23.7 Å². The van der Waals surface area contributed by atoms with E-state index >= 15 is 0 Å². The molecule has 1 fully saturated rings. The van der Waals surface area contributed by atoms with E-state index in [1.807, 2.05) is 22.8 Å². The van der Waals surface area contributed by atoms with E-state index in [0.29, 0.717) is 42.0 Å². The van der Waals surface area contributed by atoms with Crippen LogP contribution in [0.1, 0.15) is 82.8 Å². The number of aromatic amines is 1. The Balaban J connectivity index is 1.66. The number of imidazole rings is 1. The minimum atomic E-state index is -0.438. The largest absolute Gasteiger partial charge is 0.330 e. The fourth-order valence-electron chi connectivity index (χ4n) is 4.98. The SMILES string of the molecule is CCCCn1c(=O)[nH]c(=O)c2c1nc(CCC(=O)n1ccccc1=NC1CCCCC1)n2CC(C)C. The van der Waals surface area contributed by atoms with Gasteiger partial charge in [0.15, 0.2) is 11.2 Å². The Morgan fingerprint density at radius 2 is 1.94 bits per heavy atom. The molecule has 9 nitrogen and oxygen atoms in total. The summed E-state index contributed by atoms with van der Waals surface area (Å²) in [6, 6.07) is 5.92. The average molecular weight is 495 g/mol. The van der Waals surface area contributed by atoms with Crippen LogP contribution < -0.4 is 16.7 Å². The van der Waals surface area contributed by atoms with Crippen LogP contribution in [0.25, 0.3) is 11.2 Å². The Kier molecular flexibility index (Phi) is 8.38. The maximum atomic E-state index is 13.3. The maximum absolute atomic E-state index is 13.3. The number of unbranched alkanes of at least 4 members (excludes halogenated alkanes) is 1. The monoisotopic (exact) mass is 494 g/mol. The molecule has 0 atom stereocenters. The lowest BCUT2D eigenvalue weighted by Gasteiger charge is -2.17. The highest BCUT2D eigenvalue weighted by Crippen LogP contribution is 2.20. The lowest BCUT2D eigenvalue weighted by atomic mass is 9.96. The second kappa shape index (κ2) is 11.7. The minimum Gasteiger partial charge on any atom is -0.322 e. The quantitative estimate of drug-likeness (QED) is 0.490. The van der Waals surface area contributed by atoms with E-state index in [2.05, 4.69) is 25.8 Å². The Labute approximate surface area is 210 Å². The first kappa shape index (κ1) is 25.9. The lowest BCUT2D eigenvalue weighted by Crippen LogP contribution is -2.31. The molecule has 194 valence electrons. The number of aryl methyl sites for hydroxylation is 2. The number of H-pyrrole nitrogens is 1. The van der Waals surface area contributed by atoms with Crippen LogP contribution in [0.5, 0.6) is 0 Å². The molecule has 0 saturated heterocycles. The Bertz CT molecular complexity index is 1380. The molecule has 0 aliphatic heterocycles. The molecule has 3 aromatic heterocycles. The summed E-state index contributed by atoms with van der Waals surface area (Å²) in [5.74, 6) is 0.845. The average Bonchev–Trinajstić information content (AvgIpc) is 3.21. The first-order chi connectivity index (χ1) is 17.4. The molecule has 3 heterocycles. The van der Waals surface area contributed by atoms with Crippen LogP contribution >= 0.6 is 0 Å². The normalized spacial score (nSPS) is 15.3. The van der Waals surface area contributed by atoms with E-state index in [-0.39, 0.29) is 24.3 Å². The van der Waals surface area contributed by atoms with Gasteiger partial charge in [0.1, 0.15) is 11.3 Å². The second-order valence-electron chi connectivity index (χ2n) is 10.2. The number of aromatic nitrogens is 5. The molecule has 1 aliphatic carbocycles. The van der Waals surface area contributed by atoms with Crippen molar-refractivity contribution in [2.24, 2.45) is 10.9 Å². The van der Waals surface area contributed by atoms with E-state index in [1.165, 1.54) is 19.3 Å². The van der Waals surface area contributed by atoms with Crippen molar-refractivity contribution >= 4 is 17.1 Å². The summed E-state index contributed by atoms with van der Waals surface area (Å²) in [4.78, 5) is 50.8. The summed E-state index contributed by atoms with van der Waals surface area (Å²) in [7, 11) is 0. The number of hydrogen-bond donors (Lipinski definition) is 1. The molecule has 1 N–H and O–H groups in total. The highest BCUT2D eigenvalue weighted by atomic mass is 16.2. The number of carbonyl (C=O) groups excluding carboxylic acids is 1. The van der Waals surface area contributed by atoms with Crippen molar-refractivity contribution in [1.29, 1.82) is 0 Å². The number of nitrogens with one attached hydrogen (secondary N) is 1. The van der Waals surface area contributed by atoms with E-state index < -0.39 is 11.2 Å². The van der Waals surface area contributed by atoms with Crippen LogP contribution in [-0.4, -0.2) is 35.6 Å². The molecule has 36 heavy (non-hydrogen) atoms. The summed E-state index contributed by atoms with van der Waals surface area (Å²) in [6.07, 6.45) is 9.85. The van der Waals surface area contributed by atoms with Gasteiger partial charge in [-0.05, 0) is 37.3 Å². The number of rotatable bonds is 9. The number of carbonyl (C=O) groups is 1. The number of nitrogens with zero attached hydrogens (tertiary/aromatic N) is 5. The summed E-state index contributed by atoms with van der Waals surface area (Å²) >= 11 is 0. The van der Waals surface area contributed by atoms with Gasteiger partial charge in [-0.25, -0.2) is 9.78 Å². The zero-order valence-electron chi connectivity index (χ0n) is 21.7. The summed E-state index contributed by atoms with van der Waals surface area (Å²) in [5.41, 5.74) is 0.629. The van der Waals surface area contributed by atoms with Gasteiger partial charge in [0.25, 0.3) is 5.56 Å². The van der Waals surface area contributed by atoms with E-state index in [1.54, 1.807) is 15.3 Å². The number of hydrogen-bond acceptors (Lipinski definition) is 5. The Morgan fingerprint density at radius 3 is 2.67 bits per heavy atom. The third-order valence-corrected chi connectivity index (χ3v) is 6.81. The molecule has 9 heteroatoms. The smallest absolute Gasteiger partial charge is 0.322 e. The molecule has 1 saturated carbocycles. The van der Waals surface area contributed by atoms with Crippen molar-refractivity contribution in [3.05, 3.63) is 56.5 Å². The molecule has 0 spiro atoms. The molecule has 4 rings (SSSR count). The topological polar surface area (TPSA) is 107 Å². The van der Waals surface area contributed by atoms with Crippen molar-refractivity contribution in [2.75, 3.05) is 0 Å². The van der Waals surface area contributed by atoms with E-state index in [9.17, 15) is 14.4 Å². The van der Waals surface area contributed by atoms with Crippen molar-refractivity contribution < 1.29 is 4.79 Å². The number of pyridine rings is 1. The highest BCUT2D eigenvalue weighted by molar-refractivity contribution is 5.79. The maximum Gasteiger partial charge on any atom is 0.330 e. The predicted molar refractivity (Wildman–Crippen MR) is 140 cm³/mol. The fourth-order valence-corrected chi connectivity index (χ4v) is 4.98. The molecular formula is C27H38N6O3. The van der Waals surface area contributed by atoms with Gasteiger partial charge in [0.2, 0.25) is 5.91 Å². The van der Waals surface area contributed by atoms with Crippen LogP contribution in [-0.2, 0) is 19.5 Å². The predicted octanol–water partition coefficient (Wildman–Crippen LogP) is 3.65. The van der Waals surface area contributed by atoms with Gasteiger partial charge < -0.3 is 4.57 Å². The summed E-state index contributed by atoms with van der Waals surface area (Å²) in [6.45, 7) is 7.27. The third kappa shape index (κ3) is 5.77. The molecule has 1 aliphatic rings. The molecule has 0 bridgehead atoms. The number of fused-ring (bicyclic) bond motifs is 1. The summed E-state index contributed by atoms with van der Waals surface area (Å²) in [5, 5.41) is 0. The zero-order chi connectivity index (χ0) is 25.7. The van der Waals surface area contributed by atoms with Crippen LogP contribution in [0.2, 0.25) is 0 Å². The van der Waals surface area contributed by atoms with Crippen molar-refractivity contribution in [3.63, 3.8) is 0 Å². The third-order valence-electron chi connectivity index (χ3n) is 6.81. The molecule has 3 aromatic rings. The van der Waals surface area contributed by atoms with Crippen molar-refractivity contribution in [2.45, 2.75) is 97.7 Å². The lowest BCUT2D eigenvalue weighted by molar-refractivity contribution is 0.0896. The van der Waals surface area contributed by atoms with Gasteiger partial charge >= 0.3 is 5.69 Å². The molecule has 0 unspecified atom stereocenters. The zero-order valence-corrected chi connectivity index (χ0v) is 21.7. The standard InChI is InChI=1S/C27H38N6O3/c1-4-5-16-32-25-24(26(35)30-27(32)36)33(18-19(2)3)22(29-25)14-15-23(34)31-17-10-9-13-21(31)28-20-11-7-6-8-12-20/h9-10,13,17,19-20H,4-8,11-12,14-16,18H2,1-3H3,(H,30,35,36). The van der Waals surface area contributed by atoms with Gasteiger partial charge in [-0.3, -0.25) is 28.7 Å². The van der Waals surface area contributed by atoms with Gasteiger partial charge in [-0.1, -0.05) is 52.5 Å². The van der Waals surface area contributed by atoms with Gasteiger partial charge in [-0.2, -0.15) is 0 Å². The van der Waals surface area contributed by atoms with Crippen LogP contribution in [0.4, 0.5) is 0 Å². The van der Waals surface area contributed by atoms with Gasteiger partial charge in [-0.15, -0.1) is 0 Å². The summed E-state index contributed by atoms with van der Waals surface area (Å²) < 4.78 is 5.07. The van der Waals surface area contributed by atoms with E-state index in [4.69, 9.17) is 9.98 Å². The second-order valence-corrected chi connectivity index (χ2v) is 10.2. The van der Waals surface area contributed by atoms with E-state index in [0.717, 1.165) is 25.7 Å². The highest BCUT2D eigenvalue weighted by Gasteiger charge is 2.20. The molecule has 0 radical (unpaired) electrons. The van der Waals surface area contributed by atoms with Crippen LogP contribution in [0, 0.1) is 5.92 Å². The van der Waals surface area contributed by atoms with Gasteiger partial charge in [0, 0.05) is 32.1 Å². The Morgan fingerprint density at radius 1 is 1.17 bits per heavy atom. The first-order valence-electron chi connectivity index (χ1n) is 13.4.